The number of halogens is 2. The third-order valence-corrected chi connectivity index (χ3v) is 3.25. The van der Waals surface area contributed by atoms with Gasteiger partial charge < -0.3 is 5.11 Å². The fourth-order valence-electron chi connectivity index (χ4n) is 2.12. The van der Waals surface area contributed by atoms with Crippen LogP contribution in [0, 0.1) is 5.82 Å². The topological polar surface area (TPSA) is 68.0 Å². The van der Waals surface area contributed by atoms with E-state index in [-0.39, 0.29) is 17.3 Å². The molecule has 0 saturated carbocycles. The van der Waals surface area contributed by atoms with E-state index in [0.717, 1.165) is 0 Å². The average molecular weight is 312 g/mol. The maximum absolute atomic E-state index is 13.2. The largest absolute Gasteiger partial charge is 0.476 e. The van der Waals surface area contributed by atoms with Gasteiger partial charge in [-0.1, -0.05) is 43.7 Å². The van der Waals surface area contributed by atoms with E-state index >= 15 is 0 Å². The highest BCUT2D eigenvalue weighted by atomic mass is 35.5. The van der Waals surface area contributed by atoms with E-state index in [1.165, 1.54) is 16.8 Å². The minimum atomic E-state index is -1.12. The van der Waals surface area contributed by atoms with Crippen molar-refractivity contribution in [2.45, 2.75) is 32.7 Å². The second-order valence-corrected chi connectivity index (χ2v) is 6.16. The molecule has 0 atom stereocenters. The number of benzene rings is 1. The number of carbonyl (C=O) groups is 1. The molecule has 1 aromatic carbocycles. The molecule has 0 saturated heterocycles. The Bertz CT molecular complexity index is 692. The van der Waals surface area contributed by atoms with Crippen LogP contribution in [0.15, 0.2) is 18.2 Å². The Morgan fingerprint density at radius 2 is 2.10 bits per heavy atom. The molecule has 0 aliphatic rings. The molecule has 0 aliphatic carbocycles. The van der Waals surface area contributed by atoms with Crippen LogP contribution < -0.4 is 0 Å². The molecule has 0 amide bonds. The van der Waals surface area contributed by atoms with E-state index < -0.39 is 17.2 Å². The lowest BCUT2D eigenvalue weighted by molar-refractivity contribution is 0.0687. The summed E-state index contributed by atoms with van der Waals surface area (Å²) in [6.45, 7) is 5.91. The molecule has 2 aromatic rings. The van der Waals surface area contributed by atoms with Gasteiger partial charge in [0, 0.05) is 5.41 Å². The zero-order valence-corrected chi connectivity index (χ0v) is 12.6. The van der Waals surface area contributed by atoms with Crippen molar-refractivity contribution in [3.8, 4) is 0 Å². The van der Waals surface area contributed by atoms with Crippen molar-refractivity contribution in [3.05, 3.63) is 46.0 Å². The van der Waals surface area contributed by atoms with Crippen LogP contribution >= 0.6 is 11.6 Å². The molecule has 7 heteroatoms. The third kappa shape index (κ3) is 3.21. The fourth-order valence-corrected chi connectivity index (χ4v) is 2.32. The molecule has 1 heterocycles. The van der Waals surface area contributed by atoms with Gasteiger partial charge in [-0.15, -0.1) is 5.10 Å². The normalized spacial score (nSPS) is 11.7. The second-order valence-electron chi connectivity index (χ2n) is 5.75. The summed E-state index contributed by atoms with van der Waals surface area (Å²) in [7, 11) is 0. The highest BCUT2D eigenvalue weighted by Gasteiger charge is 2.28. The molecule has 0 spiro atoms. The number of carboxylic acids is 1. The smallest absolute Gasteiger partial charge is 0.358 e. The van der Waals surface area contributed by atoms with Gasteiger partial charge in [0.2, 0.25) is 0 Å². The summed E-state index contributed by atoms with van der Waals surface area (Å²) in [4.78, 5) is 11.2. The summed E-state index contributed by atoms with van der Waals surface area (Å²) in [6.07, 6.45) is 0. The van der Waals surface area contributed by atoms with Crippen molar-refractivity contribution in [3.63, 3.8) is 0 Å². The van der Waals surface area contributed by atoms with E-state index in [2.05, 4.69) is 10.3 Å². The molecule has 5 nitrogen and oxygen atoms in total. The molecule has 0 fully saturated rings. The van der Waals surface area contributed by atoms with Gasteiger partial charge in [-0.25, -0.2) is 13.9 Å². The zero-order valence-electron chi connectivity index (χ0n) is 11.9. The van der Waals surface area contributed by atoms with E-state index in [4.69, 9.17) is 11.6 Å². The molecule has 0 aliphatic heterocycles. The van der Waals surface area contributed by atoms with Crippen LogP contribution in [0.5, 0.6) is 0 Å². The highest BCUT2D eigenvalue weighted by Crippen LogP contribution is 2.26. The van der Waals surface area contributed by atoms with Crippen molar-refractivity contribution >= 4 is 17.6 Å². The summed E-state index contributed by atoms with van der Waals surface area (Å²) in [5, 5.41) is 16.8. The predicted molar refractivity (Wildman–Crippen MR) is 76.2 cm³/mol. The maximum Gasteiger partial charge on any atom is 0.358 e. The van der Waals surface area contributed by atoms with Crippen LogP contribution in [-0.2, 0) is 12.0 Å². The summed E-state index contributed by atoms with van der Waals surface area (Å²) >= 11 is 5.75. The molecular weight excluding hydrogens is 297 g/mol. The first-order valence-electron chi connectivity index (χ1n) is 6.31. The van der Waals surface area contributed by atoms with Crippen molar-refractivity contribution < 1.29 is 14.3 Å². The minimum Gasteiger partial charge on any atom is -0.476 e. The Labute approximate surface area is 126 Å². The Balaban J connectivity index is 2.45. The molecule has 21 heavy (non-hydrogen) atoms. The summed E-state index contributed by atoms with van der Waals surface area (Å²) < 4.78 is 14.7. The molecule has 112 valence electrons. The average Bonchev–Trinajstić information content (AvgIpc) is 2.77. The van der Waals surface area contributed by atoms with Gasteiger partial charge >= 0.3 is 5.97 Å². The summed E-state index contributed by atoms with van der Waals surface area (Å²) in [5.74, 6) is -1.62. The number of carboxylic acid groups (broad SMARTS) is 1. The molecule has 0 bridgehead atoms. The first-order chi connectivity index (χ1) is 9.70. The van der Waals surface area contributed by atoms with Gasteiger partial charge in [0.1, 0.15) is 5.82 Å². The van der Waals surface area contributed by atoms with Gasteiger partial charge in [0.15, 0.2) is 5.69 Å². The quantitative estimate of drug-likeness (QED) is 0.945. The number of hydrogen-bond donors (Lipinski definition) is 1. The van der Waals surface area contributed by atoms with E-state index in [9.17, 15) is 14.3 Å². The van der Waals surface area contributed by atoms with E-state index in [1.54, 1.807) is 6.07 Å². The molecule has 1 N–H and O–H groups in total. The second kappa shape index (κ2) is 5.44. The van der Waals surface area contributed by atoms with Crippen LogP contribution in [0.1, 0.15) is 42.5 Å². The van der Waals surface area contributed by atoms with Crippen LogP contribution in [0.2, 0.25) is 5.02 Å². The van der Waals surface area contributed by atoms with Gasteiger partial charge in [0.25, 0.3) is 0 Å². The number of aromatic nitrogens is 3. The molecule has 2 rings (SSSR count). The van der Waals surface area contributed by atoms with Crippen molar-refractivity contribution in [1.82, 2.24) is 15.0 Å². The SMILES string of the molecule is CC(C)(C)c1c(C(=O)O)nnn1Cc1ccc(F)c(Cl)c1. The van der Waals surface area contributed by atoms with E-state index in [0.29, 0.717) is 11.3 Å². The monoisotopic (exact) mass is 311 g/mol. The van der Waals surface area contributed by atoms with Gasteiger partial charge in [-0.2, -0.15) is 0 Å². The first kappa shape index (κ1) is 15.4. The van der Waals surface area contributed by atoms with Crippen LogP contribution in [0.3, 0.4) is 0 Å². The lowest BCUT2D eigenvalue weighted by Gasteiger charge is -2.20. The fraction of sp³-hybridized carbons (Fsp3) is 0.357. The van der Waals surface area contributed by atoms with E-state index in [1.807, 2.05) is 20.8 Å². The summed E-state index contributed by atoms with van der Waals surface area (Å²) in [5.41, 5.74) is 0.709. The van der Waals surface area contributed by atoms with Crippen LogP contribution in [0.4, 0.5) is 4.39 Å². The van der Waals surface area contributed by atoms with Crippen molar-refractivity contribution in [1.29, 1.82) is 0 Å². The van der Waals surface area contributed by atoms with Gasteiger partial charge in [-0.3, -0.25) is 0 Å². The predicted octanol–water partition coefficient (Wildman–Crippen LogP) is 3.11. The van der Waals surface area contributed by atoms with Crippen LogP contribution in [-0.4, -0.2) is 26.1 Å². The summed E-state index contributed by atoms with van der Waals surface area (Å²) in [6, 6.07) is 4.34. The standard InChI is InChI=1S/C14H15ClFN3O2/c1-14(2,3)12-11(13(20)21)17-18-19(12)7-8-4-5-10(16)9(15)6-8/h4-6H,7H2,1-3H3,(H,20,21). The van der Waals surface area contributed by atoms with Crippen LogP contribution in [0.25, 0.3) is 0 Å². The lowest BCUT2D eigenvalue weighted by Crippen LogP contribution is -2.22. The molecule has 1 aromatic heterocycles. The third-order valence-electron chi connectivity index (χ3n) is 2.96. The van der Waals surface area contributed by atoms with Crippen molar-refractivity contribution in [2.75, 3.05) is 0 Å². The first-order valence-corrected chi connectivity index (χ1v) is 6.69. The van der Waals surface area contributed by atoms with Crippen molar-refractivity contribution in [2.24, 2.45) is 0 Å². The zero-order chi connectivity index (χ0) is 15.8. The Morgan fingerprint density at radius 3 is 2.62 bits per heavy atom. The Hall–Kier alpha value is -1.95. The van der Waals surface area contributed by atoms with Gasteiger partial charge in [0.05, 0.1) is 17.3 Å². The highest BCUT2D eigenvalue weighted by molar-refractivity contribution is 6.30. The number of aromatic carboxylic acids is 1. The molecular formula is C14H15ClFN3O2. The Morgan fingerprint density at radius 1 is 1.43 bits per heavy atom. The van der Waals surface area contributed by atoms with Gasteiger partial charge in [-0.05, 0) is 17.7 Å². The molecule has 0 radical (unpaired) electrons. The number of nitrogens with zero attached hydrogens (tertiary/aromatic N) is 3. The minimum absolute atomic E-state index is 0.0170. The Kier molecular flexibility index (Phi) is 4.00. The number of hydrogen-bond acceptors (Lipinski definition) is 3. The number of rotatable bonds is 3. The lowest BCUT2D eigenvalue weighted by atomic mass is 9.90. The maximum atomic E-state index is 13.2. The molecule has 0 unspecified atom stereocenters.